The lowest BCUT2D eigenvalue weighted by atomic mass is 9.79. The van der Waals surface area contributed by atoms with E-state index in [0.29, 0.717) is 10.8 Å². The van der Waals surface area contributed by atoms with E-state index in [1.807, 2.05) is 0 Å². The summed E-state index contributed by atoms with van der Waals surface area (Å²) in [7, 11) is 0. The van der Waals surface area contributed by atoms with Crippen LogP contribution in [0.4, 0.5) is 0 Å². The van der Waals surface area contributed by atoms with Crippen LogP contribution in [0, 0.1) is 0 Å². The number of fused-ring (bicyclic) bond motifs is 2. The van der Waals surface area contributed by atoms with Crippen LogP contribution >= 0.6 is 0 Å². The van der Waals surface area contributed by atoms with Gasteiger partial charge in [-0.3, -0.25) is 24.0 Å². The Morgan fingerprint density at radius 1 is 0.935 bits per heavy atom. The van der Waals surface area contributed by atoms with Crippen LogP contribution in [-0.4, -0.2) is 42.9 Å². The van der Waals surface area contributed by atoms with Gasteiger partial charge in [-0.1, -0.05) is 24.3 Å². The molecule has 1 aliphatic heterocycles. The molecule has 0 saturated carbocycles. The molecule has 158 valence electrons. The third-order valence-corrected chi connectivity index (χ3v) is 4.97. The molecular weight excluding hydrogens is 408 g/mol. The molecule has 2 aliphatic rings. The van der Waals surface area contributed by atoms with Crippen molar-refractivity contribution >= 4 is 40.7 Å². The highest BCUT2D eigenvalue weighted by Gasteiger charge is 2.42. The predicted molar refractivity (Wildman–Crippen MR) is 104 cm³/mol. The van der Waals surface area contributed by atoms with E-state index < -0.39 is 29.8 Å². The lowest BCUT2D eigenvalue weighted by Gasteiger charge is -2.30. The van der Waals surface area contributed by atoms with Crippen molar-refractivity contribution < 1.29 is 42.9 Å². The molecule has 0 saturated heterocycles. The predicted octanol–water partition coefficient (Wildman–Crippen LogP) is 2.29. The van der Waals surface area contributed by atoms with Crippen molar-refractivity contribution in [2.24, 2.45) is 0 Å². The van der Waals surface area contributed by atoms with Crippen LogP contribution in [0.1, 0.15) is 41.0 Å². The van der Waals surface area contributed by atoms with Gasteiger partial charge in [0, 0.05) is 42.2 Å². The monoisotopic (exact) mass is 424 g/mol. The number of ether oxygens (including phenoxy) is 4. The van der Waals surface area contributed by atoms with E-state index in [-0.39, 0.29) is 53.3 Å². The molecular formula is C22H16O9. The van der Waals surface area contributed by atoms with Crippen LogP contribution in [-0.2, 0) is 23.9 Å². The van der Waals surface area contributed by atoms with Crippen LogP contribution < -0.4 is 9.47 Å². The number of hydrogen-bond donors (Lipinski definition) is 0. The van der Waals surface area contributed by atoms with Crippen molar-refractivity contribution in [3.05, 3.63) is 46.5 Å². The Labute approximate surface area is 175 Å². The lowest BCUT2D eigenvalue weighted by molar-refractivity contribution is -0.163. The zero-order valence-corrected chi connectivity index (χ0v) is 16.6. The van der Waals surface area contributed by atoms with Gasteiger partial charge in [0.1, 0.15) is 0 Å². The first kappa shape index (κ1) is 20.4. The fourth-order valence-electron chi connectivity index (χ4n) is 3.80. The van der Waals surface area contributed by atoms with Crippen LogP contribution in [0.5, 0.6) is 11.5 Å². The number of carbonyl (C=O) groups is 5. The maximum absolute atomic E-state index is 13.5. The van der Waals surface area contributed by atoms with Gasteiger partial charge in [-0.2, -0.15) is 0 Å². The van der Waals surface area contributed by atoms with Gasteiger partial charge in [0.05, 0.1) is 17.7 Å². The summed E-state index contributed by atoms with van der Waals surface area (Å²) in [6.45, 7) is 2.26. The molecule has 0 radical (unpaired) electrons. The number of benzene rings is 2. The summed E-state index contributed by atoms with van der Waals surface area (Å²) in [6, 6.07) is 6.49. The molecule has 2 aromatic rings. The van der Waals surface area contributed by atoms with Crippen LogP contribution in [0.3, 0.4) is 0 Å². The van der Waals surface area contributed by atoms with Crippen LogP contribution in [0.15, 0.2) is 35.4 Å². The zero-order chi connectivity index (χ0) is 22.3. The molecule has 0 bridgehead atoms. The van der Waals surface area contributed by atoms with Gasteiger partial charge < -0.3 is 18.9 Å². The average molecular weight is 424 g/mol. The van der Waals surface area contributed by atoms with Gasteiger partial charge in [-0.25, -0.2) is 0 Å². The molecule has 0 spiro atoms. The van der Waals surface area contributed by atoms with Crippen LogP contribution in [0.2, 0.25) is 0 Å². The minimum Gasteiger partial charge on any atom is -0.438 e. The van der Waals surface area contributed by atoms with Crippen molar-refractivity contribution in [1.82, 2.24) is 0 Å². The first-order valence-electron chi connectivity index (χ1n) is 9.31. The van der Waals surface area contributed by atoms with Gasteiger partial charge in [0.25, 0.3) is 6.47 Å². The van der Waals surface area contributed by atoms with Crippen molar-refractivity contribution in [2.75, 3.05) is 6.61 Å². The SMILES string of the molecule is CC(=O)Oc1c2c(c(OC(C)=O)c3ccccc13)C(=O)C1=C(COC(OC=O)C1)C2=O. The van der Waals surface area contributed by atoms with E-state index >= 15 is 0 Å². The Bertz CT molecular complexity index is 1210. The maximum Gasteiger partial charge on any atom is 0.308 e. The molecule has 31 heavy (non-hydrogen) atoms. The minimum absolute atomic E-state index is 0.0701. The smallest absolute Gasteiger partial charge is 0.308 e. The quantitative estimate of drug-likeness (QED) is 0.413. The molecule has 0 amide bonds. The van der Waals surface area contributed by atoms with E-state index in [0.717, 1.165) is 0 Å². The first-order chi connectivity index (χ1) is 14.8. The highest BCUT2D eigenvalue weighted by molar-refractivity contribution is 6.32. The van der Waals surface area contributed by atoms with Gasteiger partial charge in [0.15, 0.2) is 23.1 Å². The standard InChI is InChI=1S/C22H16O9/c1-10(24)30-21-12-5-3-4-6-13(12)22(31-11(2)25)18-17(21)19(26)14-7-16(29-9-23)28-8-15(14)20(18)27/h3-6,9,16H,7-8H2,1-2H3. The van der Waals surface area contributed by atoms with Gasteiger partial charge in [-0.05, 0) is 0 Å². The van der Waals surface area contributed by atoms with Crippen molar-refractivity contribution in [2.45, 2.75) is 26.6 Å². The zero-order valence-electron chi connectivity index (χ0n) is 16.6. The summed E-state index contributed by atoms with van der Waals surface area (Å²) < 4.78 is 20.9. The number of esters is 2. The van der Waals surface area contributed by atoms with E-state index in [1.54, 1.807) is 24.3 Å². The van der Waals surface area contributed by atoms with E-state index in [2.05, 4.69) is 0 Å². The highest BCUT2D eigenvalue weighted by atomic mass is 16.7. The second-order valence-electron chi connectivity index (χ2n) is 6.93. The summed E-state index contributed by atoms with van der Waals surface area (Å²) in [4.78, 5) is 61.2. The Balaban J connectivity index is 2.04. The third-order valence-electron chi connectivity index (χ3n) is 4.97. The van der Waals surface area contributed by atoms with Gasteiger partial charge >= 0.3 is 11.9 Å². The molecule has 2 aromatic carbocycles. The molecule has 1 atom stereocenters. The molecule has 1 heterocycles. The van der Waals surface area contributed by atoms with E-state index in [1.165, 1.54) is 13.8 Å². The second-order valence-corrected chi connectivity index (χ2v) is 6.93. The molecule has 9 nitrogen and oxygen atoms in total. The first-order valence-corrected chi connectivity index (χ1v) is 9.31. The van der Waals surface area contributed by atoms with Crippen molar-refractivity contribution in [3.8, 4) is 11.5 Å². The fourth-order valence-corrected chi connectivity index (χ4v) is 3.80. The van der Waals surface area contributed by atoms with Crippen molar-refractivity contribution in [1.29, 1.82) is 0 Å². The molecule has 4 rings (SSSR count). The number of rotatable bonds is 4. The van der Waals surface area contributed by atoms with Crippen molar-refractivity contribution in [3.63, 3.8) is 0 Å². The number of ketones is 2. The normalized spacial score (nSPS) is 17.7. The molecule has 0 N–H and O–H groups in total. The van der Waals surface area contributed by atoms with Gasteiger partial charge in [-0.15, -0.1) is 0 Å². The lowest BCUT2D eigenvalue weighted by Crippen LogP contribution is -2.34. The number of carbonyl (C=O) groups excluding carboxylic acids is 5. The summed E-state index contributed by atoms with van der Waals surface area (Å²) in [5.74, 6) is -2.76. The number of Topliss-reactive ketones (excluding diaryl/α,β-unsaturated/α-hetero) is 2. The summed E-state index contributed by atoms with van der Waals surface area (Å²) in [6.07, 6.45) is -1.17. The number of hydrogen-bond acceptors (Lipinski definition) is 9. The third kappa shape index (κ3) is 3.38. The van der Waals surface area contributed by atoms with E-state index in [9.17, 15) is 24.0 Å². The Hall–Kier alpha value is -3.85. The molecule has 9 heteroatoms. The molecule has 1 unspecified atom stereocenters. The topological polar surface area (TPSA) is 122 Å². The Morgan fingerprint density at radius 2 is 1.45 bits per heavy atom. The summed E-state index contributed by atoms with van der Waals surface area (Å²) >= 11 is 0. The second kappa shape index (κ2) is 7.77. The Morgan fingerprint density at radius 3 is 1.94 bits per heavy atom. The molecule has 0 aromatic heterocycles. The largest absolute Gasteiger partial charge is 0.438 e. The summed E-state index contributed by atoms with van der Waals surface area (Å²) in [5.41, 5.74) is -0.193. The van der Waals surface area contributed by atoms with Gasteiger partial charge in [0.2, 0.25) is 6.29 Å². The summed E-state index contributed by atoms with van der Waals surface area (Å²) in [5, 5.41) is 0.655. The molecule has 1 aliphatic carbocycles. The Kier molecular flexibility index (Phi) is 5.12. The molecule has 0 fully saturated rings. The minimum atomic E-state index is -1.03. The van der Waals surface area contributed by atoms with E-state index in [4.69, 9.17) is 18.9 Å². The maximum atomic E-state index is 13.5. The van der Waals surface area contributed by atoms with Crippen LogP contribution in [0.25, 0.3) is 10.8 Å². The highest BCUT2D eigenvalue weighted by Crippen LogP contribution is 2.46. The fraction of sp³-hybridized carbons (Fsp3) is 0.227. The average Bonchev–Trinajstić information content (AvgIpc) is 2.73.